The van der Waals surface area contributed by atoms with Crippen molar-refractivity contribution in [3.05, 3.63) is 65.2 Å². The van der Waals surface area contributed by atoms with E-state index in [0.29, 0.717) is 23.8 Å². The van der Waals surface area contributed by atoms with Crippen LogP contribution in [0.3, 0.4) is 0 Å². The van der Waals surface area contributed by atoms with Gasteiger partial charge in [-0.05, 0) is 23.8 Å². The first-order valence-corrected chi connectivity index (χ1v) is 11.1. The maximum Gasteiger partial charge on any atom is 0.307 e. The van der Waals surface area contributed by atoms with Crippen molar-refractivity contribution >= 4 is 41.0 Å². The minimum Gasteiger partial charge on any atom is -0.469 e. The van der Waals surface area contributed by atoms with Crippen LogP contribution in [0.5, 0.6) is 0 Å². The van der Waals surface area contributed by atoms with Crippen LogP contribution < -0.4 is 10.2 Å². The van der Waals surface area contributed by atoms with Crippen LogP contribution in [0.2, 0.25) is 5.02 Å². The van der Waals surface area contributed by atoms with Gasteiger partial charge in [-0.3, -0.25) is 24.1 Å². The molecule has 3 saturated heterocycles. The number of esters is 1. The summed E-state index contributed by atoms with van der Waals surface area (Å²) >= 11 is 6.13. The predicted molar refractivity (Wildman–Crippen MR) is 119 cm³/mol. The minimum absolute atomic E-state index is 0.331. The molecule has 33 heavy (non-hydrogen) atoms. The Morgan fingerprint density at radius 2 is 1.88 bits per heavy atom. The van der Waals surface area contributed by atoms with Crippen LogP contribution in [0, 0.1) is 11.8 Å². The second-order valence-corrected chi connectivity index (χ2v) is 8.91. The molecule has 4 atom stereocenters. The normalized spacial score (nSPS) is 29.0. The summed E-state index contributed by atoms with van der Waals surface area (Å²) in [5, 5.41) is 3.20. The lowest BCUT2D eigenvalue weighted by molar-refractivity contribution is -0.154. The zero-order valence-corrected chi connectivity index (χ0v) is 18.6. The standard InChI is InChI=1S/C24H22ClN3O5/c1-33-17(29)13-24-19-18(21(30)28(22(19)31)16-9-5-8-15(25)12-16)20(14-6-3-2-4-7-14)27(24)11-10-26-23(24)32/h2-9,12,18-20H,10-11,13H2,1H3,(H,26,32)/t18-,19-,20-,24-/m0/s1. The highest BCUT2D eigenvalue weighted by molar-refractivity contribution is 6.31. The lowest BCUT2D eigenvalue weighted by atomic mass is 9.76. The third-order valence-electron chi connectivity index (χ3n) is 6.93. The fourth-order valence-corrected chi connectivity index (χ4v) is 5.86. The van der Waals surface area contributed by atoms with Gasteiger partial charge in [0.25, 0.3) is 0 Å². The Kier molecular flexibility index (Phi) is 5.22. The SMILES string of the molecule is COC(=O)C[C@]12C(=O)NCCN1[C@@H](c1ccccc1)[C@H]1C(=O)N(c3cccc(Cl)c3)C(=O)[C@H]12. The maximum absolute atomic E-state index is 13.9. The fraction of sp³-hybridized carbons (Fsp3) is 0.333. The Balaban J connectivity index is 1.71. The molecule has 3 aliphatic rings. The van der Waals surface area contributed by atoms with Gasteiger partial charge in [-0.15, -0.1) is 0 Å². The molecule has 2 aromatic rings. The van der Waals surface area contributed by atoms with Gasteiger partial charge in [-0.25, -0.2) is 4.90 Å². The first-order valence-electron chi connectivity index (χ1n) is 10.7. The van der Waals surface area contributed by atoms with Gasteiger partial charge in [-0.2, -0.15) is 0 Å². The van der Waals surface area contributed by atoms with Crippen LogP contribution in [0.25, 0.3) is 0 Å². The van der Waals surface area contributed by atoms with E-state index in [2.05, 4.69) is 5.32 Å². The number of hydrogen-bond donors (Lipinski definition) is 1. The largest absolute Gasteiger partial charge is 0.469 e. The molecule has 0 aromatic heterocycles. The number of carbonyl (C=O) groups excluding carboxylic acids is 4. The van der Waals surface area contributed by atoms with E-state index in [4.69, 9.17) is 16.3 Å². The van der Waals surface area contributed by atoms with Crippen LogP contribution in [0.4, 0.5) is 5.69 Å². The minimum atomic E-state index is -1.53. The molecule has 5 rings (SSSR count). The van der Waals surface area contributed by atoms with Crippen LogP contribution in [-0.2, 0) is 23.9 Å². The number of halogens is 1. The number of fused-ring (bicyclic) bond motifs is 3. The highest BCUT2D eigenvalue weighted by Crippen LogP contribution is 2.57. The molecule has 9 heteroatoms. The van der Waals surface area contributed by atoms with Gasteiger partial charge in [0, 0.05) is 24.2 Å². The molecular weight excluding hydrogens is 446 g/mol. The van der Waals surface area contributed by atoms with Crippen LogP contribution in [0.1, 0.15) is 18.0 Å². The Bertz CT molecular complexity index is 1160. The van der Waals surface area contributed by atoms with E-state index in [1.54, 1.807) is 24.3 Å². The second-order valence-electron chi connectivity index (χ2n) is 8.48. The van der Waals surface area contributed by atoms with E-state index in [1.807, 2.05) is 35.2 Å². The van der Waals surface area contributed by atoms with E-state index in [0.717, 1.165) is 10.5 Å². The lowest BCUT2D eigenvalue weighted by Gasteiger charge is -2.45. The van der Waals surface area contributed by atoms with Crippen molar-refractivity contribution in [3.63, 3.8) is 0 Å². The summed E-state index contributed by atoms with van der Waals surface area (Å²) in [6.45, 7) is 0.748. The van der Waals surface area contributed by atoms with E-state index in [1.165, 1.54) is 7.11 Å². The third-order valence-corrected chi connectivity index (χ3v) is 7.17. The maximum atomic E-state index is 13.9. The Morgan fingerprint density at radius 1 is 1.12 bits per heavy atom. The molecular formula is C24H22ClN3O5. The molecule has 1 N–H and O–H groups in total. The van der Waals surface area contributed by atoms with Crippen molar-refractivity contribution < 1.29 is 23.9 Å². The average Bonchev–Trinajstić information content (AvgIpc) is 3.25. The average molecular weight is 468 g/mol. The van der Waals surface area contributed by atoms with Crippen molar-refractivity contribution in [2.75, 3.05) is 25.1 Å². The zero-order chi connectivity index (χ0) is 23.3. The Labute approximate surface area is 195 Å². The topological polar surface area (TPSA) is 96.0 Å². The van der Waals surface area contributed by atoms with Crippen molar-refractivity contribution in [3.8, 4) is 0 Å². The number of methoxy groups -OCH3 is 1. The van der Waals surface area contributed by atoms with Crippen LogP contribution in [0.15, 0.2) is 54.6 Å². The summed E-state index contributed by atoms with van der Waals surface area (Å²) in [6.07, 6.45) is -0.331. The number of benzene rings is 2. The van der Waals surface area contributed by atoms with E-state index >= 15 is 0 Å². The summed E-state index contributed by atoms with van der Waals surface area (Å²) in [4.78, 5) is 56.6. The van der Waals surface area contributed by atoms with Crippen molar-refractivity contribution in [2.45, 2.75) is 18.0 Å². The van der Waals surface area contributed by atoms with Gasteiger partial charge in [0.15, 0.2) is 0 Å². The number of rotatable bonds is 4. The number of carbonyl (C=O) groups is 4. The smallest absolute Gasteiger partial charge is 0.307 e. The molecule has 3 amide bonds. The predicted octanol–water partition coefficient (Wildman–Crippen LogP) is 1.93. The molecule has 0 unspecified atom stereocenters. The van der Waals surface area contributed by atoms with Gasteiger partial charge in [0.05, 0.1) is 31.1 Å². The van der Waals surface area contributed by atoms with E-state index < -0.39 is 47.1 Å². The number of ether oxygens (including phenoxy) is 1. The van der Waals surface area contributed by atoms with Crippen LogP contribution in [-0.4, -0.2) is 54.3 Å². The molecule has 3 heterocycles. The van der Waals surface area contributed by atoms with Crippen LogP contribution >= 0.6 is 11.6 Å². The van der Waals surface area contributed by atoms with Gasteiger partial charge >= 0.3 is 5.97 Å². The van der Waals surface area contributed by atoms with Gasteiger partial charge in [0.2, 0.25) is 17.7 Å². The van der Waals surface area contributed by atoms with Crippen molar-refractivity contribution in [2.24, 2.45) is 11.8 Å². The molecule has 0 saturated carbocycles. The van der Waals surface area contributed by atoms with Gasteiger partial charge < -0.3 is 10.1 Å². The molecule has 0 aliphatic carbocycles. The quantitative estimate of drug-likeness (QED) is 0.545. The summed E-state index contributed by atoms with van der Waals surface area (Å²) < 4.78 is 4.91. The van der Waals surface area contributed by atoms with Gasteiger partial charge in [-0.1, -0.05) is 48.0 Å². The Hall–Kier alpha value is -3.23. The van der Waals surface area contributed by atoms with Crippen molar-refractivity contribution in [1.82, 2.24) is 10.2 Å². The number of nitrogens with one attached hydrogen (secondary N) is 1. The number of imide groups is 1. The van der Waals surface area contributed by atoms with E-state index in [-0.39, 0.29) is 6.42 Å². The second kappa shape index (κ2) is 7.97. The van der Waals surface area contributed by atoms with Gasteiger partial charge in [0.1, 0.15) is 5.54 Å². The number of nitrogens with zero attached hydrogens (tertiary/aromatic N) is 2. The summed E-state index contributed by atoms with van der Waals surface area (Å²) in [7, 11) is 1.24. The molecule has 0 radical (unpaired) electrons. The third kappa shape index (κ3) is 3.08. The molecule has 0 bridgehead atoms. The number of anilines is 1. The Morgan fingerprint density at radius 3 is 2.58 bits per heavy atom. The number of piperazine rings is 1. The lowest BCUT2D eigenvalue weighted by Crippen LogP contribution is -2.67. The fourth-order valence-electron chi connectivity index (χ4n) is 5.68. The molecule has 0 spiro atoms. The number of hydrogen-bond acceptors (Lipinski definition) is 6. The first kappa shape index (κ1) is 21.6. The molecule has 3 fully saturated rings. The summed E-state index contributed by atoms with van der Waals surface area (Å²) in [5.41, 5.74) is -0.380. The number of amides is 3. The van der Waals surface area contributed by atoms with Crippen molar-refractivity contribution in [1.29, 1.82) is 0 Å². The highest BCUT2D eigenvalue weighted by atomic mass is 35.5. The molecule has 170 valence electrons. The zero-order valence-electron chi connectivity index (χ0n) is 17.9. The monoisotopic (exact) mass is 467 g/mol. The highest BCUT2D eigenvalue weighted by Gasteiger charge is 2.73. The summed E-state index contributed by atoms with van der Waals surface area (Å²) in [6, 6.07) is 15.3. The molecule has 8 nitrogen and oxygen atoms in total. The molecule has 2 aromatic carbocycles. The van der Waals surface area contributed by atoms with E-state index in [9.17, 15) is 19.2 Å². The molecule has 3 aliphatic heterocycles. The summed E-state index contributed by atoms with van der Waals surface area (Å²) in [5.74, 6) is -3.88. The first-order chi connectivity index (χ1) is 15.9.